The number of ether oxygens (including phenoxy) is 2. The average molecular weight is 691 g/mol. The topological polar surface area (TPSA) is 116 Å². The summed E-state index contributed by atoms with van der Waals surface area (Å²) in [4.78, 5) is 5.94. The van der Waals surface area contributed by atoms with E-state index in [1.54, 1.807) is 0 Å². The van der Waals surface area contributed by atoms with Gasteiger partial charge in [-0.25, -0.2) is 0 Å². The third kappa shape index (κ3) is 36.1. The van der Waals surface area contributed by atoms with Crippen molar-refractivity contribution >= 4 is 0 Å². The van der Waals surface area contributed by atoms with Gasteiger partial charge in [0, 0.05) is 41.5 Å². The second kappa shape index (κ2) is 41.0. The van der Waals surface area contributed by atoms with Crippen LogP contribution < -0.4 is 0 Å². The third-order valence-corrected chi connectivity index (χ3v) is 10.0. The van der Waals surface area contributed by atoms with Crippen LogP contribution in [0.2, 0.25) is 0 Å². The number of azide groups is 2. The lowest BCUT2D eigenvalue weighted by atomic mass is 9.90. The third-order valence-electron chi connectivity index (χ3n) is 10.0. The minimum Gasteiger partial charge on any atom is -0.381 e. The fraction of sp³-hybridized carbons (Fsp3) is 1.00. The van der Waals surface area contributed by atoms with Gasteiger partial charge in [-0.1, -0.05) is 217 Å². The van der Waals surface area contributed by atoms with Crippen LogP contribution >= 0.6 is 0 Å². The van der Waals surface area contributed by atoms with Crippen LogP contribution in [-0.2, 0) is 9.47 Å². The molecule has 0 radical (unpaired) electrons. The van der Waals surface area contributed by atoms with Crippen LogP contribution in [-0.4, -0.2) is 39.5 Å². The average Bonchev–Trinajstić information content (AvgIpc) is 3.12. The van der Waals surface area contributed by atoms with E-state index in [4.69, 9.17) is 20.5 Å². The van der Waals surface area contributed by atoms with E-state index in [0.717, 1.165) is 12.8 Å². The molecule has 8 nitrogen and oxygen atoms in total. The van der Waals surface area contributed by atoms with Crippen LogP contribution in [0.3, 0.4) is 0 Å². The lowest BCUT2D eigenvalue weighted by Gasteiger charge is -2.30. The van der Waals surface area contributed by atoms with E-state index in [1.165, 1.54) is 193 Å². The van der Waals surface area contributed by atoms with Crippen LogP contribution in [0.15, 0.2) is 10.2 Å². The lowest BCUT2D eigenvalue weighted by molar-refractivity contribution is -0.0149. The molecule has 288 valence electrons. The van der Waals surface area contributed by atoms with Crippen LogP contribution in [0.25, 0.3) is 20.9 Å². The summed E-state index contributed by atoms with van der Waals surface area (Å²) in [5.41, 5.74) is 17.4. The molecule has 0 aromatic rings. The predicted molar refractivity (Wildman–Crippen MR) is 211 cm³/mol. The van der Waals surface area contributed by atoms with Crippen molar-refractivity contribution in [2.24, 2.45) is 15.6 Å². The minimum absolute atomic E-state index is 0.209. The van der Waals surface area contributed by atoms with E-state index in [-0.39, 0.29) is 13.1 Å². The summed E-state index contributed by atoms with van der Waals surface area (Å²) in [6.45, 7) is 7.08. The summed E-state index contributed by atoms with van der Waals surface area (Å²) in [6, 6.07) is 0. The first-order chi connectivity index (χ1) is 24.2. The van der Waals surface area contributed by atoms with Crippen molar-refractivity contribution < 1.29 is 9.47 Å². The maximum Gasteiger partial charge on any atom is 0.0547 e. The maximum atomic E-state index is 8.98. The van der Waals surface area contributed by atoms with Crippen molar-refractivity contribution in [3.05, 3.63) is 20.9 Å². The van der Waals surface area contributed by atoms with Crippen molar-refractivity contribution in [3.8, 4) is 0 Å². The molecule has 49 heavy (non-hydrogen) atoms. The molecule has 0 saturated heterocycles. The minimum atomic E-state index is -0.609. The Morgan fingerprint density at radius 1 is 0.367 bits per heavy atom. The number of rotatable bonds is 42. The van der Waals surface area contributed by atoms with Crippen LogP contribution in [0.4, 0.5) is 0 Å². The molecule has 0 aliphatic carbocycles. The molecule has 0 aliphatic heterocycles. The molecule has 0 fully saturated rings. The highest BCUT2D eigenvalue weighted by atomic mass is 16.5. The highest BCUT2D eigenvalue weighted by Gasteiger charge is 2.30. The molecule has 0 rings (SSSR count). The molecule has 0 aliphatic rings. The Balaban J connectivity index is 3.89. The molecule has 0 heterocycles. The van der Waals surface area contributed by atoms with Crippen LogP contribution in [0.1, 0.15) is 219 Å². The van der Waals surface area contributed by atoms with Gasteiger partial charge in [-0.05, 0) is 23.9 Å². The molecule has 0 unspecified atom stereocenters. The first kappa shape index (κ1) is 47.5. The standard InChI is InChI=1S/C41H82N6O2/c1-3-5-7-9-11-13-15-17-19-21-23-25-27-29-31-33-35-48-39-41(37-44-46-42,38-45-47-43)40-49-36-34-32-30-28-26-24-22-20-18-16-14-12-10-8-6-4-2/h3-40H2,1-2H3. The molecule has 0 aromatic heterocycles. The summed E-state index contributed by atoms with van der Waals surface area (Å²) >= 11 is 0. The zero-order valence-electron chi connectivity index (χ0n) is 32.9. The summed E-state index contributed by atoms with van der Waals surface area (Å²) in [7, 11) is 0. The molecule has 0 aromatic carbocycles. The molecular weight excluding hydrogens is 608 g/mol. The molecule has 0 N–H and O–H groups in total. The second-order valence-electron chi connectivity index (χ2n) is 15.0. The highest BCUT2D eigenvalue weighted by Crippen LogP contribution is 2.22. The molecule has 0 spiro atoms. The quantitative estimate of drug-likeness (QED) is 0.0274. The largest absolute Gasteiger partial charge is 0.381 e. The van der Waals surface area contributed by atoms with Crippen LogP contribution in [0.5, 0.6) is 0 Å². The van der Waals surface area contributed by atoms with E-state index in [2.05, 4.69) is 33.9 Å². The van der Waals surface area contributed by atoms with Crippen molar-refractivity contribution in [2.75, 3.05) is 39.5 Å². The van der Waals surface area contributed by atoms with Gasteiger partial charge in [0.1, 0.15) is 0 Å². The Hall–Kier alpha value is -1.46. The van der Waals surface area contributed by atoms with Crippen molar-refractivity contribution in [1.82, 2.24) is 0 Å². The van der Waals surface area contributed by atoms with Crippen molar-refractivity contribution in [2.45, 2.75) is 219 Å². The maximum absolute atomic E-state index is 8.98. The monoisotopic (exact) mass is 691 g/mol. The van der Waals surface area contributed by atoms with Gasteiger partial charge in [-0.15, -0.1) is 0 Å². The summed E-state index contributed by atoms with van der Waals surface area (Å²) in [5, 5.41) is 7.66. The first-order valence-corrected chi connectivity index (χ1v) is 21.4. The Labute approximate surface area is 304 Å². The van der Waals surface area contributed by atoms with Gasteiger partial charge in [-0.3, -0.25) is 0 Å². The molecule has 0 bridgehead atoms. The summed E-state index contributed by atoms with van der Waals surface area (Å²) < 4.78 is 12.1. The van der Waals surface area contributed by atoms with Gasteiger partial charge in [-0.2, -0.15) is 0 Å². The van der Waals surface area contributed by atoms with Gasteiger partial charge in [0.25, 0.3) is 0 Å². The van der Waals surface area contributed by atoms with Gasteiger partial charge < -0.3 is 9.47 Å². The summed E-state index contributed by atoms with van der Waals surface area (Å²) in [5.74, 6) is 0. The van der Waals surface area contributed by atoms with Gasteiger partial charge in [0.05, 0.1) is 13.2 Å². The normalized spacial score (nSPS) is 11.5. The molecule has 8 heteroatoms. The second-order valence-corrected chi connectivity index (χ2v) is 15.0. The Morgan fingerprint density at radius 2 is 0.592 bits per heavy atom. The number of nitrogens with zero attached hydrogens (tertiary/aromatic N) is 6. The van der Waals surface area contributed by atoms with E-state index < -0.39 is 5.41 Å². The smallest absolute Gasteiger partial charge is 0.0547 e. The molecule has 0 amide bonds. The van der Waals surface area contributed by atoms with E-state index in [0.29, 0.717) is 26.4 Å². The number of unbranched alkanes of at least 4 members (excludes halogenated alkanes) is 30. The number of hydrogen-bond donors (Lipinski definition) is 0. The summed E-state index contributed by atoms with van der Waals surface area (Å²) in [6.07, 6.45) is 43.1. The SMILES string of the molecule is CCCCCCCCCCCCCCCCCCOCC(CN=[N+]=[N-])(CN=[N+]=[N-])COCCCCCCCCCCCCCCCCCC. The Morgan fingerprint density at radius 3 is 0.816 bits per heavy atom. The zero-order valence-corrected chi connectivity index (χ0v) is 32.9. The molecular formula is C41H82N6O2. The molecule has 0 saturated carbocycles. The lowest BCUT2D eigenvalue weighted by Crippen LogP contribution is -2.38. The van der Waals surface area contributed by atoms with Gasteiger partial charge in [0.2, 0.25) is 0 Å². The fourth-order valence-electron chi connectivity index (χ4n) is 6.72. The van der Waals surface area contributed by atoms with E-state index >= 15 is 0 Å². The van der Waals surface area contributed by atoms with Gasteiger partial charge >= 0.3 is 0 Å². The predicted octanol–water partition coefficient (Wildman–Crippen LogP) is 15.1. The van der Waals surface area contributed by atoms with Crippen molar-refractivity contribution in [3.63, 3.8) is 0 Å². The zero-order chi connectivity index (χ0) is 35.6. The van der Waals surface area contributed by atoms with Crippen LogP contribution in [0, 0.1) is 5.41 Å². The Kier molecular flexibility index (Phi) is 39.7. The van der Waals surface area contributed by atoms with E-state index in [9.17, 15) is 0 Å². The van der Waals surface area contributed by atoms with Gasteiger partial charge in [0.15, 0.2) is 0 Å². The van der Waals surface area contributed by atoms with Crippen molar-refractivity contribution in [1.29, 1.82) is 0 Å². The first-order valence-electron chi connectivity index (χ1n) is 21.4. The highest BCUT2D eigenvalue weighted by molar-refractivity contribution is 4.85. The number of hydrogen-bond acceptors (Lipinski definition) is 4. The fourth-order valence-corrected chi connectivity index (χ4v) is 6.72. The van der Waals surface area contributed by atoms with E-state index in [1.807, 2.05) is 0 Å². The molecule has 0 atom stereocenters. The Bertz CT molecular complexity index is 692.